The molecule has 0 aliphatic carbocycles. The molecular formula is C6H12N2O. The molecule has 0 amide bonds. The van der Waals surface area contributed by atoms with Crippen LogP contribution >= 0.6 is 0 Å². The predicted octanol–water partition coefficient (Wildman–Crippen LogP) is 0.600. The van der Waals surface area contributed by atoms with Crippen molar-refractivity contribution in [2.24, 2.45) is 0 Å². The van der Waals surface area contributed by atoms with E-state index in [4.69, 9.17) is 10.4 Å². The lowest BCUT2D eigenvalue weighted by atomic mass is 10.2. The minimum atomic E-state index is 0.750. The van der Waals surface area contributed by atoms with E-state index in [0.29, 0.717) is 0 Å². The SMILES string of the molecule is C1CCNCC1.N#CO. The number of aliphatic hydroxyl groups is 1. The second-order valence-corrected chi connectivity index (χ2v) is 1.91. The molecule has 1 heterocycles. The molecule has 2 N–H and O–H groups in total. The fourth-order valence-corrected chi connectivity index (χ4v) is 0.802. The standard InChI is InChI=1S/C5H11N.CHNO/c1-2-4-6-5-3-1;2-1-3/h6H,1-5H2;3H. The smallest absolute Gasteiger partial charge is 0.283 e. The van der Waals surface area contributed by atoms with Crippen molar-refractivity contribution in [2.45, 2.75) is 19.3 Å². The summed E-state index contributed by atoms with van der Waals surface area (Å²) in [5, 5.41) is 17.0. The monoisotopic (exact) mass is 128 g/mol. The molecule has 0 bridgehead atoms. The van der Waals surface area contributed by atoms with Gasteiger partial charge in [-0.2, -0.15) is 5.26 Å². The number of nitriles is 1. The summed E-state index contributed by atoms with van der Waals surface area (Å²) < 4.78 is 0. The van der Waals surface area contributed by atoms with E-state index in [9.17, 15) is 0 Å². The fraction of sp³-hybridized carbons (Fsp3) is 0.833. The first kappa shape index (κ1) is 8.25. The Balaban J connectivity index is 0.000000187. The summed E-state index contributed by atoms with van der Waals surface area (Å²) in [6.07, 6.45) is 4.97. The molecular weight excluding hydrogens is 116 g/mol. The van der Waals surface area contributed by atoms with Crippen molar-refractivity contribution in [1.82, 2.24) is 5.32 Å². The molecule has 0 aromatic carbocycles. The quantitative estimate of drug-likeness (QED) is 0.470. The van der Waals surface area contributed by atoms with E-state index in [-0.39, 0.29) is 0 Å². The molecule has 0 atom stereocenters. The van der Waals surface area contributed by atoms with Gasteiger partial charge in [-0.25, -0.2) is 0 Å². The van der Waals surface area contributed by atoms with Crippen LogP contribution in [0.3, 0.4) is 0 Å². The molecule has 0 radical (unpaired) electrons. The first-order valence-corrected chi connectivity index (χ1v) is 3.15. The third-order valence-electron chi connectivity index (χ3n) is 1.21. The van der Waals surface area contributed by atoms with Crippen molar-refractivity contribution in [2.75, 3.05) is 13.1 Å². The summed E-state index contributed by atoms with van der Waals surface area (Å²) in [5.41, 5.74) is 0. The van der Waals surface area contributed by atoms with Gasteiger partial charge in [0.05, 0.1) is 0 Å². The van der Waals surface area contributed by atoms with Gasteiger partial charge >= 0.3 is 0 Å². The summed E-state index contributed by atoms with van der Waals surface area (Å²) in [5.74, 6) is 0. The Hall–Kier alpha value is -0.750. The first-order valence-electron chi connectivity index (χ1n) is 3.15. The van der Waals surface area contributed by atoms with Crippen LogP contribution < -0.4 is 5.32 Å². The van der Waals surface area contributed by atoms with Gasteiger partial charge in [0.1, 0.15) is 0 Å². The van der Waals surface area contributed by atoms with Gasteiger partial charge in [0.2, 0.25) is 0 Å². The average molecular weight is 128 g/mol. The van der Waals surface area contributed by atoms with Crippen molar-refractivity contribution in [3.63, 3.8) is 0 Å². The molecule has 1 fully saturated rings. The Bertz CT molecular complexity index is 72.0. The molecule has 1 aliphatic heterocycles. The van der Waals surface area contributed by atoms with Crippen LogP contribution in [0, 0.1) is 11.5 Å². The van der Waals surface area contributed by atoms with Crippen molar-refractivity contribution in [3.8, 4) is 6.26 Å². The van der Waals surface area contributed by atoms with Crippen LogP contribution in [0.4, 0.5) is 0 Å². The number of piperidine rings is 1. The summed E-state index contributed by atoms with van der Waals surface area (Å²) in [6.45, 7) is 2.50. The van der Waals surface area contributed by atoms with E-state index in [1.165, 1.54) is 32.4 Å². The average Bonchev–Trinajstić information content (AvgIpc) is 1.93. The van der Waals surface area contributed by atoms with E-state index in [2.05, 4.69) is 5.32 Å². The summed E-state index contributed by atoms with van der Waals surface area (Å²) in [7, 11) is 0. The lowest BCUT2D eigenvalue weighted by Gasteiger charge is -2.08. The normalized spacial score (nSPS) is 16.8. The molecule has 52 valence electrons. The van der Waals surface area contributed by atoms with Crippen molar-refractivity contribution in [3.05, 3.63) is 0 Å². The summed E-state index contributed by atoms with van der Waals surface area (Å²) in [6, 6.07) is 0. The number of aliphatic hydroxyl groups excluding tert-OH is 1. The van der Waals surface area contributed by atoms with E-state index in [1.807, 2.05) is 0 Å². The largest absolute Gasteiger partial charge is 0.443 e. The minimum Gasteiger partial charge on any atom is -0.443 e. The number of nitrogens with zero attached hydrogens (tertiary/aromatic N) is 1. The Morgan fingerprint density at radius 3 is 1.78 bits per heavy atom. The van der Waals surface area contributed by atoms with Crippen molar-refractivity contribution >= 4 is 0 Å². The second-order valence-electron chi connectivity index (χ2n) is 1.91. The highest BCUT2D eigenvalue weighted by molar-refractivity contribution is 4.55. The molecule has 0 spiro atoms. The Morgan fingerprint density at radius 1 is 1.22 bits per heavy atom. The molecule has 0 saturated carbocycles. The van der Waals surface area contributed by atoms with Crippen LogP contribution in [0.2, 0.25) is 0 Å². The maximum Gasteiger partial charge on any atom is 0.283 e. The zero-order valence-electron chi connectivity index (χ0n) is 5.43. The molecule has 1 rings (SSSR count). The maximum atomic E-state index is 6.88. The zero-order chi connectivity index (χ0) is 6.95. The second kappa shape index (κ2) is 7.25. The van der Waals surface area contributed by atoms with Crippen LogP contribution in [0.25, 0.3) is 0 Å². The van der Waals surface area contributed by atoms with E-state index in [0.717, 1.165) is 6.26 Å². The topological polar surface area (TPSA) is 56.0 Å². The molecule has 1 aliphatic rings. The van der Waals surface area contributed by atoms with E-state index >= 15 is 0 Å². The molecule has 0 aromatic heterocycles. The number of hydrogen-bond acceptors (Lipinski definition) is 3. The molecule has 3 heteroatoms. The van der Waals surface area contributed by atoms with E-state index in [1.54, 1.807) is 0 Å². The zero-order valence-corrected chi connectivity index (χ0v) is 5.43. The van der Waals surface area contributed by atoms with Crippen LogP contribution in [0.1, 0.15) is 19.3 Å². The van der Waals surface area contributed by atoms with Gasteiger partial charge in [-0.15, -0.1) is 0 Å². The highest BCUT2D eigenvalue weighted by Crippen LogP contribution is 1.96. The van der Waals surface area contributed by atoms with Gasteiger partial charge in [0.15, 0.2) is 0 Å². The third-order valence-corrected chi connectivity index (χ3v) is 1.21. The van der Waals surface area contributed by atoms with Gasteiger partial charge < -0.3 is 10.4 Å². The summed E-state index contributed by atoms with van der Waals surface area (Å²) in [4.78, 5) is 0. The van der Waals surface area contributed by atoms with Gasteiger partial charge in [0.25, 0.3) is 6.26 Å². The first-order chi connectivity index (χ1) is 4.41. The number of hydrogen-bond donors (Lipinski definition) is 2. The third kappa shape index (κ3) is 7.25. The molecule has 3 nitrogen and oxygen atoms in total. The lowest BCUT2D eigenvalue weighted by molar-refractivity contribution is 0.503. The Labute approximate surface area is 55.3 Å². The van der Waals surface area contributed by atoms with Crippen LogP contribution in [0.5, 0.6) is 0 Å². The van der Waals surface area contributed by atoms with Crippen LogP contribution in [0.15, 0.2) is 0 Å². The lowest BCUT2D eigenvalue weighted by Crippen LogP contribution is -2.21. The highest BCUT2D eigenvalue weighted by Gasteiger charge is 1.93. The minimum absolute atomic E-state index is 0.750. The van der Waals surface area contributed by atoms with Crippen molar-refractivity contribution in [1.29, 1.82) is 5.26 Å². The van der Waals surface area contributed by atoms with Gasteiger partial charge in [-0.3, -0.25) is 0 Å². The van der Waals surface area contributed by atoms with Crippen LogP contribution in [-0.4, -0.2) is 18.2 Å². The molecule has 0 unspecified atom stereocenters. The maximum absolute atomic E-state index is 6.88. The van der Waals surface area contributed by atoms with Crippen LogP contribution in [-0.2, 0) is 0 Å². The molecule has 0 aromatic rings. The van der Waals surface area contributed by atoms with E-state index < -0.39 is 0 Å². The fourth-order valence-electron chi connectivity index (χ4n) is 0.802. The Kier molecular flexibility index (Phi) is 6.65. The van der Waals surface area contributed by atoms with Gasteiger partial charge in [0, 0.05) is 0 Å². The number of rotatable bonds is 0. The summed E-state index contributed by atoms with van der Waals surface area (Å²) >= 11 is 0. The Morgan fingerprint density at radius 2 is 1.67 bits per heavy atom. The molecule has 9 heavy (non-hydrogen) atoms. The highest BCUT2D eigenvalue weighted by atomic mass is 16.2. The van der Waals surface area contributed by atoms with Gasteiger partial charge in [-0.05, 0) is 25.9 Å². The van der Waals surface area contributed by atoms with Crippen molar-refractivity contribution < 1.29 is 5.11 Å². The number of nitrogens with one attached hydrogen (secondary N) is 1. The van der Waals surface area contributed by atoms with Gasteiger partial charge in [-0.1, -0.05) is 6.42 Å². The molecule has 1 saturated heterocycles. The predicted molar refractivity (Wildman–Crippen MR) is 34.3 cm³/mol.